The summed E-state index contributed by atoms with van der Waals surface area (Å²) in [7, 11) is 0. The lowest BCUT2D eigenvalue weighted by Crippen LogP contribution is -2.44. The van der Waals surface area contributed by atoms with E-state index in [2.05, 4.69) is 19.2 Å². The lowest BCUT2D eigenvalue weighted by atomic mass is 9.92. The van der Waals surface area contributed by atoms with Crippen LogP contribution in [-0.4, -0.2) is 41.6 Å². The fourth-order valence-corrected chi connectivity index (χ4v) is 2.57. The van der Waals surface area contributed by atoms with Crippen molar-refractivity contribution in [3.8, 4) is 0 Å². The van der Waals surface area contributed by atoms with Gasteiger partial charge in [-0.1, -0.05) is 13.8 Å². The number of carboxylic acids is 1. The van der Waals surface area contributed by atoms with Gasteiger partial charge in [-0.3, -0.25) is 4.79 Å². The van der Waals surface area contributed by atoms with E-state index < -0.39 is 5.97 Å². The first kappa shape index (κ1) is 16.8. The highest BCUT2D eigenvalue weighted by molar-refractivity contribution is 5.74. The average molecular weight is 284 g/mol. The number of carbonyl (C=O) groups excluding carboxylic acids is 1. The van der Waals surface area contributed by atoms with E-state index in [1.54, 1.807) is 0 Å². The van der Waals surface area contributed by atoms with Crippen molar-refractivity contribution in [3.05, 3.63) is 0 Å². The SMILES string of the molecule is CC(C)CCCNC(=O)N1CCC(CCC(=O)O)CC1. The number of piperidine rings is 1. The highest BCUT2D eigenvalue weighted by atomic mass is 16.4. The fraction of sp³-hybridized carbons (Fsp3) is 0.867. The Morgan fingerprint density at radius 3 is 2.50 bits per heavy atom. The molecule has 20 heavy (non-hydrogen) atoms. The van der Waals surface area contributed by atoms with Crippen LogP contribution in [0.4, 0.5) is 4.79 Å². The van der Waals surface area contributed by atoms with Crippen LogP contribution in [0, 0.1) is 11.8 Å². The molecule has 2 amide bonds. The van der Waals surface area contributed by atoms with Gasteiger partial charge in [-0.15, -0.1) is 0 Å². The predicted molar refractivity (Wildman–Crippen MR) is 78.6 cm³/mol. The van der Waals surface area contributed by atoms with Crippen LogP contribution in [0.1, 0.15) is 52.4 Å². The van der Waals surface area contributed by atoms with Crippen LogP contribution < -0.4 is 5.32 Å². The highest BCUT2D eigenvalue weighted by Crippen LogP contribution is 2.21. The van der Waals surface area contributed by atoms with E-state index in [1.165, 1.54) is 0 Å². The number of amides is 2. The maximum atomic E-state index is 11.9. The molecule has 0 unspecified atom stereocenters. The van der Waals surface area contributed by atoms with Crippen molar-refractivity contribution in [3.63, 3.8) is 0 Å². The van der Waals surface area contributed by atoms with Gasteiger partial charge in [0.15, 0.2) is 0 Å². The molecule has 0 radical (unpaired) electrons. The number of urea groups is 1. The first-order valence-corrected chi connectivity index (χ1v) is 7.73. The van der Waals surface area contributed by atoms with Crippen molar-refractivity contribution in [1.82, 2.24) is 10.2 Å². The molecule has 5 nitrogen and oxygen atoms in total. The maximum absolute atomic E-state index is 11.9. The molecule has 0 aliphatic carbocycles. The Morgan fingerprint density at radius 1 is 1.30 bits per heavy atom. The summed E-state index contributed by atoms with van der Waals surface area (Å²) < 4.78 is 0. The molecule has 5 heteroatoms. The molecule has 1 aliphatic rings. The third kappa shape index (κ3) is 6.78. The topological polar surface area (TPSA) is 69.6 Å². The molecule has 1 fully saturated rings. The van der Waals surface area contributed by atoms with Crippen molar-refractivity contribution >= 4 is 12.0 Å². The van der Waals surface area contributed by atoms with Crippen LogP contribution >= 0.6 is 0 Å². The Kier molecular flexibility index (Phi) is 7.41. The Labute approximate surface area is 121 Å². The van der Waals surface area contributed by atoms with Gasteiger partial charge in [0.25, 0.3) is 0 Å². The van der Waals surface area contributed by atoms with E-state index in [0.29, 0.717) is 11.8 Å². The molecule has 2 N–H and O–H groups in total. The van der Waals surface area contributed by atoms with Crippen LogP contribution in [0.3, 0.4) is 0 Å². The Bertz CT molecular complexity index is 310. The van der Waals surface area contributed by atoms with E-state index in [0.717, 1.165) is 51.7 Å². The van der Waals surface area contributed by atoms with Crippen molar-refractivity contribution < 1.29 is 14.7 Å². The largest absolute Gasteiger partial charge is 0.481 e. The van der Waals surface area contributed by atoms with Crippen molar-refractivity contribution in [2.45, 2.75) is 52.4 Å². The number of hydrogen-bond donors (Lipinski definition) is 2. The molecule has 1 aliphatic heterocycles. The van der Waals surface area contributed by atoms with Gasteiger partial charge in [-0.2, -0.15) is 0 Å². The van der Waals surface area contributed by atoms with Gasteiger partial charge in [0.2, 0.25) is 0 Å². The first-order chi connectivity index (χ1) is 9.49. The van der Waals surface area contributed by atoms with Crippen LogP contribution in [0.2, 0.25) is 0 Å². The van der Waals surface area contributed by atoms with Gasteiger partial charge in [-0.25, -0.2) is 4.79 Å². The Balaban J connectivity index is 2.14. The van der Waals surface area contributed by atoms with Gasteiger partial charge in [0, 0.05) is 26.1 Å². The van der Waals surface area contributed by atoms with Crippen molar-refractivity contribution in [2.75, 3.05) is 19.6 Å². The molecular weight excluding hydrogens is 256 g/mol. The number of nitrogens with zero attached hydrogens (tertiary/aromatic N) is 1. The van der Waals surface area contributed by atoms with Crippen molar-refractivity contribution in [2.24, 2.45) is 11.8 Å². The lowest BCUT2D eigenvalue weighted by molar-refractivity contribution is -0.137. The van der Waals surface area contributed by atoms with Gasteiger partial charge in [0.1, 0.15) is 0 Å². The molecule has 0 aromatic carbocycles. The minimum Gasteiger partial charge on any atom is -0.481 e. The molecular formula is C15H28N2O3. The molecule has 0 aromatic rings. The van der Waals surface area contributed by atoms with Gasteiger partial charge < -0.3 is 15.3 Å². The molecule has 0 bridgehead atoms. The molecule has 1 rings (SSSR count). The van der Waals surface area contributed by atoms with Crippen LogP contribution in [0.5, 0.6) is 0 Å². The summed E-state index contributed by atoms with van der Waals surface area (Å²) in [5.74, 6) is 0.406. The smallest absolute Gasteiger partial charge is 0.317 e. The Hall–Kier alpha value is -1.26. The second kappa shape index (κ2) is 8.82. The molecule has 0 aromatic heterocycles. The standard InChI is InChI=1S/C15H28N2O3/c1-12(2)4-3-9-16-15(20)17-10-7-13(8-11-17)5-6-14(18)19/h12-13H,3-11H2,1-2H3,(H,16,20)(H,18,19). The maximum Gasteiger partial charge on any atom is 0.317 e. The summed E-state index contributed by atoms with van der Waals surface area (Å²) in [5.41, 5.74) is 0. The molecule has 0 spiro atoms. The highest BCUT2D eigenvalue weighted by Gasteiger charge is 2.22. The lowest BCUT2D eigenvalue weighted by Gasteiger charge is -2.31. The monoisotopic (exact) mass is 284 g/mol. The molecule has 116 valence electrons. The number of carbonyl (C=O) groups is 2. The number of likely N-dealkylation sites (tertiary alicyclic amines) is 1. The quantitative estimate of drug-likeness (QED) is 0.706. The zero-order valence-corrected chi connectivity index (χ0v) is 12.7. The molecule has 0 saturated carbocycles. The summed E-state index contributed by atoms with van der Waals surface area (Å²) in [6.07, 6.45) is 4.99. The normalized spacial score (nSPS) is 16.4. The van der Waals surface area contributed by atoms with Gasteiger partial charge in [-0.05, 0) is 43.9 Å². The number of nitrogens with one attached hydrogen (secondary N) is 1. The van der Waals surface area contributed by atoms with Gasteiger partial charge >= 0.3 is 12.0 Å². The number of rotatable bonds is 7. The molecule has 1 heterocycles. The van der Waals surface area contributed by atoms with Crippen LogP contribution in [0.25, 0.3) is 0 Å². The summed E-state index contributed by atoms with van der Waals surface area (Å²) in [5, 5.41) is 11.6. The zero-order valence-electron chi connectivity index (χ0n) is 12.7. The number of hydrogen-bond acceptors (Lipinski definition) is 2. The third-order valence-corrected chi connectivity index (χ3v) is 3.90. The molecule has 0 atom stereocenters. The van der Waals surface area contributed by atoms with E-state index in [1.807, 2.05) is 4.90 Å². The van der Waals surface area contributed by atoms with Crippen LogP contribution in [-0.2, 0) is 4.79 Å². The van der Waals surface area contributed by atoms with Crippen molar-refractivity contribution in [1.29, 1.82) is 0 Å². The fourth-order valence-electron chi connectivity index (χ4n) is 2.57. The second-order valence-electron chi connectivity index (χ2n) is 6.13. The van der Waals surface area contributed by atoms with E-state index in [-0.39, 0.29) is 12.5 Å². The van der Waals surface area contributed by atoms with Crippen LogP contribution in [0.15, 0.2) is 0 Å². The summed E-state index contributed by atoms with van der Waals surface area (Å²) in [4.78, 5) is 24.3. The molecule has 1 saturated heterocycles. The number of aliphatic carboxylic acids is 1. The minimum atomic E-state index is -0.727. The van der Waals surface area contributed by atoms with E-state index in [9.17, 15) is 9.59 Å². The Morgan fingerprint density at radius 2 is 1.95 bits per heavy atom. The van der Waals surface area contributed by atoms with E-state index in [4.69, 9.17) is 5.11 Å². The minimum absolute atomic E-state index is 0.0328. The first-order valence-electron chi connectivity index (χ1n) is 7.73. The average Bonchev–Trinajstić information content (AvgIpc) is 2.41. The number of carboxylic acid groups (broad SMARTS) is 1. The zero-order chi connectivity index (χ0) is 15.0. The second-order valence-corrected chi connectivity index (χ2v) is 6.13. The summed E-state index contributed by atoms with van der Waals surface area (Å²) in [6, 6.07) is 0.0328. The van der Waals surface area contributed by atoms with Gasteiger partial charge in [0.05, 0.1) is 0 Å². The predicted octanol–water partition coefficient (Wildman–Crippen LogP) is 2.71. The van der Waals surface area contributed by atoms with E-state index >= 15 is 0 Å². The summed E-state index contributed by atoms with van der Waals surface area (Å²) in [6.45, 7) is 6.62. The third-order valence-electron chi connectivity index (χ3n) is 3.90. The summed E-state index contributed by atoms with van der Waals surface area (Å²) >= 11 is 0.